The van der Waals surface area contributed by atoms with Crippen LogP contribution in [0, 0.1) is 23.2 Å². The average Bonchev–Trinajstić information content (AvgIpc) is 3.43. The lowest BCUT2D eigenvalue weighted by molar-refractivity contribution is -0.158. The summed E-state index contributed by atoms with van der Waals surface area (Å²) in [6.07, 6.45) is 24.3. The van der Waals surface area contributed by atoms with Gasteiger partial charge in [0.25, 0.3) is 0 Å². The predicted molar refractivity (Wildman–Crippen MR) is 208 cm³/mol. The Balaban J connectivity index is 1.67. The molecule has 0 aromatic carbocycles. The normalized spacial score (nSPS) is 27.3. The summed E-state index contributed by atoms with van der Waals surface area (Å²) < 4.78 is 17.8. The summed E-state index contributed by atoms with van der Waals surface area (Å²) in [6.45, 7) is 19.9. The Morgan fingerprint density at radius 1 is 0.863 bits per heavy atom. The number of esters is 3. The monoisotopic (exact) mass is 711 g/mol. The third-order valence-corrected chi connectivity index (χ3v) is 12.3. The highest BCUT2D eigenvalue weighted by molar-refractivity contribution is 5.71. The van der Waals surface area contributed by atoms with Gasteiger partial charge in [0.2, 0.25) is 0 Å². The molecule has 3 aliphatic carbocycles. The molecule has 51 heavy (non-hydrogen) atoms. The largest absolute Gasteiger partial charge is 0.462 e. The number of hydrogen-bond donors (Lipinski definition) is 0. The van der Waals surface area contributed by atoms with Gasteiger partial charge in [0.05, 0.1) is 0 Å². The highest BCUT2D eigenvalue weighted by atomic mass is 16.6. The molecular formula is C45H74O6. The van der Waals surface area contributed by atoms with Gasteiger partial charge in [0.1, 0.15) is 17.8 Å². The van der Waals surface area contributed by atoms with E-state index in [4.69, 9.17) is 14.2 Å². The number of allylic oxidation sites excluding steroid dienone is 3. The Labute approximate surface area is 312 Å². The van der Waals surface area contributed by atoms with Crippen molar-refractivity contribution in [3.05, 3.63) is 35.5 Å². The molecule has 0 unspecified atom stereocenters. The topological polar surface area (TPSA) is 78.9 Å². The zero-order chi connectivity index (χ0) is 37.4. The summed E-state index contributed by atoms with van der Waals surface area (Å²) in [6, 6.07) is 0. The van der Waals surface area contributed by atoms with Crippen molar-refractivity contribution >= 4 is 17.9 Å². The Morgan fingerprint density at radius 3 is 2.10 bits per heavy atom. The molecule has 6 nitrogen and oxygen atoms in total. The molecule has 0 spiro atoms. The standard InChI is InChI=1S/C45H74O6/c1-9-12-15-22-41(46)49-37-31-36(34(5)40(32-37)50-42(47)23-16-13-10-2)26-25-35-21-19-30-45(8)38(27-28-39(35)45)33(4)20-18-29-44(6,7)51-43(48)24-17-14-11-3/h25-26,33,37-40H,5,9-24,27-32H2,1-4,6-8H3/b35-25+,36-26-/t33-,37-,38-,39+,40+,45-/m1/s1. The van der Waals surface area contributed by atoms with Crippen molar-refractivity contribution < 1.29 is 28.6 Å². The molecule has 0 aromatic heterocycles. The lowest BCUT2D eigenvalue weighted by Crippen LogP contribution is -2.36. The Morgan fingerprint density at radius 2 is 1.47 bits per heavy atom. The van der Waals surface area contributed by atoms with Gasteiger partial charge in [-0.1, -0.05) is 104 Å². The van der Waals surface area contributed by atoms with Crippen molar-refractivity contribution in [2.45, 2.75) is 208 Å². The van der Waals surface area contributed by atoms with Gasteiger partial charge < -0.3 is 14.2 Å². The fourth-order valence-electron chi connectivity index (χ4n) is 9.34. The number of carbonyl (C=O) groups is 3. The van der Waals surface area contributed by atoms with Gasteiger partial charge in [-0.3, -0.25) is 14.4 Å². The average molecular weight is 711 g/mol. The molecule has 6 heteroatoms. The highest BCUT2D eigenvalue weighted by Gasteiger charge is 2.50. The van der Waals surface area contributed by atoms with E-state index in [1.165, 1.54) is 31.3 Å². The second-order valence-electron chi connectivity index (χ2n) is 17.1. The van der Waals surface area contributed by atoms with Crippen LogP contribution in [0.1, 0.15) is 190 Å². The van der Waals surface area contributed by atoms with Crippen molar-refractivity contribution in [2.24, 2.45) is 23.2 Å². The van der Waals surface area contributed by atoms with Gasteiger partial charge in [-0.15, -0.1) is 0 Å². The quantitative estimate of drug-likeness (QED) is 0.0670. The van der Waals surface area contributed by atoms with Crippen LogP contribution in [0.25, 0.3) is 0 Å². The van der Waals surface area contributed by atoms with E-state index >= 15 is 0 Å². The maximum absolute atomic E-state index is 12.8. The van der Waals surface area contributed by atoms with Crippen LogP contribution in [-0.4, -0.2) is 35.7 Å². The van der Waals surface area contributed by atoms with Crippen LogP contribution >= 0.6 is 0 Å². The highest BCUT2D eigenvalue weighted by Crippen LogP contribution is 2.60. The molecule has 0 N–H and O–H groups in total. The molecule has 0 heterocycles. The minimum atomic E-state index is -0.464. The van der Waals surface area contributed by atoms with Crippen molar-refractivity contribution in [3.63, 3.8) is 0 Å². The van der Waals surface area contributed by atoms with E-state index in [9.17, 15) is 14.4 Å². The van der Waals surface area contributed by atoms with Crippen molar-refractivity contribution in [1.82, 2.24) is 0 Å². The first-order valence-corrected chi connectivity index (χ1v) is 21.0. The number of carbonyl (C=O) groups excluding carboxylic acids is 3. The Hall–Kier alpha value is -2.37. The van der Waals surface area contributed by atoms with Gasteiger partial charge in [-0.05, 0) is 112 Å². The van der Waals surface area contributed by atoms with Gasteiger partial charge in [-0.25, -0.2) is 0 Å². The number of fused-ring (bicyclic) bond motifs is 1. The van der Waals surface area contributed by atoms with Gasteiger partial charge in [0, 0.05) is 32.1 Å². The second-order valence-corrected chi connectivity index (χ2v) is 17.1. The van der Waals surface area contributed by atoms with E-state index < -0.39 is 11.7 Å². The molecule has 3 saturated carbocycles. The number of unbranched alkanes of at least 4 members (excludes halogenated alkanes) is 6. The second kappa shape index (κ2) is 21.4. The van der Waals surface area contributed by atoms with Crippen LogP contribution in [0.2, 0.25) is 0 Å². The first-order chi connectivity index (χ1) is 24.3. The van der Waals surface area contributed by atoms with Gasteiger partial charge in [-0.2, -0.15) is 0 Å². The van der Waals surface area contributed by atoms with E-state index in [1.807, 2.05) is 0 Å². The molecule has 0 aliphatic heterocycles. The third-order valence-electron chi connectivity index (χ3n) is 12.3. The Bertz CT molecular complexity index is 1190. The molecule has 3 aliphatic rings. The van der Waals surface area contributed by atoms with Crippen LogP contribution in [0.4, 0.5) is 0 Å². The van der Waals surface area contributed by atoms with Crippen molar-refractivity contribution in [2.75, 3.05) is 0 Å². The van der Waals surface area contributed by atoms with Crippen LogP contribution < -0.4 is 0 Å². The summed E-state index contributed by atoms with van der Waals surface area (Å²) >= 11 is 0. The predicted octanol–water partition coefficient (Wildman–Crippen LogP) is 12.1. The zero-order valence-corrected chi connectivity index (χ0v) is 33.8. The minimum absolute atomic E-state index is 0.0566. The lowest BCUT2D eigenvalue weighted by atomic mass is 9.60. The molecule has 3 rings (SSSR count). The molecule has 0 saturated heterocycles. The molecule has 3 fully saturated rings. The fraction of sp³-hybridized carbons (Fsp3) is 0.800. The van der Waals surface area contributed by atoms with Crippen molar-refractivity contribution in [1.29, 1.82) is 0 Å². The summed E-state index contributed by atoms with van der Waals surface area (Å²) in [5.74, 6) is 1.45. The first kappa shape index (κ1) is 43.0. The zero-order valence-electron chi connectivity index (χ0n) is 33.8. The van der Waals surface area contributed by atoms with E-state index in [0.717, 1.165) is 94.6 Å². The van der Waals surface area contributed by atoms with Crippen LogP contribution in [0.15, 0.2) is 35.5 Å². The van der Waals surface area contributed by atoms with Crippen LogP contribution in [0.5, 0.6) is 0 Å². The molecule has 290 valence electrons. The van der Waals surface area contributed by atoms with E-state index in [0.29, 0.717) is 49.9 Å². The maximum Gasteiger partial charge on any atom is 0.306 e. The number of ether oxygens (including phenoxy) is 3. The summed E-state index contributed by atoms with van der Waals surface area (Å²) in [5, 5.41) is 0. The van der Waals surface area contributed by atoms with Crippen LogP contribution in [-0.2, 0) is 28.6 Å². The fourth-order valence-corrected chi connectivity index (χ4v) is 9.34. The summed E-state index contributed by atoms with van der Waals surface area (Å²) in [5.41, 5.74) is 3.28. The SMILES string of the molecule is C=C1/C(=C\C=C2/CCC[C@]3(C)[C@@H]([C@H](C)CCCC(C)(C)OC(=O)CCCCC)CC[C@@H]23)C[C@@H](OC(=O)CCCCC)C[C@@H]1OC(=O)CCCCC. The summed E-state index contributed by atoms with van der Waals surface area (Å²) in [4.78, 5) is 37.9. The van der Waals surface area contributed by atoms with Crippen LogP contribution in [0.3, 0.4) is 0 Å². The molecule has 0 bridgehead atoms. The molecule has 0 aromatic rings. The molecule has 6 atom stereocenters. The van der Waals surface area contributed by atoms with E-state index in [2.05, 4.69) is 67.2 Å². The smallest absolute Gasteiger partial charge is 0.306 e. The first-order valence-electron chi connectivity index (χ1n) is 21.0. The van der Waals surface area contributed by atoms with Gasteiger partial charge >= 0.3 is 17.9 Å². The lowest BCUT2D eigenvalue weighted by Gasteiger charge is -2.44. The Kier molecular flexibility index (Phi) is 18.0. The van der Waals surface area contributed by atoms with E-state index in [1.54, 1.807) is 0 Å². The van der Waals surface area contributed by atoms with Crippen molar-refractivity contribution in [3.8, 4) is 0 Å². The molecule has 0 radical (unpaired) electrons. The number of hydrogen-bond acceptors (Lipinski definition) is 6. The molecular weight excluding hydrogens is 636 g/mol. The minimum Gasteiger partial charge on any atom is -0.462 e. The third kappa shape index (κ3) is 13.5. The van der Waals surface area contributed by atoms with Gasteiger partial charge in [0.15, 0.2) is 0 Å². The molecule has 0 amide bonds. The maximum atomic E-state index is 12.8. The summed E-state index contributed by atoms with van der Waals surface area (Å²) in [7, 11) is 0. The number of rotatable bonds is 21. The van der Waals surface area contributed by atoms with E-state index in [-0.39, 0.29) is 29.4 Å².